The number of ether oxygens (including phenoxy) is 1. The third-order valence-electron chi connectivity index (χ3n) is 4.82. The van der Waals surface area contributed by atoms with Gasteiger partial charge in [0.1, 0.15) is 11.8 Å². The quantitative estimate of drug-likeness (QED) is 0.663. The number of nitrogens with one attached hydrogen (secondary N) is 2. The van der Waals surface area contributed by atoms with Crippen LogP contribution in [-0.4, -0.2) is 26.1 Å². The predicted octanol–water partition coefficient (Wildman–Crippen LogP) is 3.64. The van der Waals surface area contributed by atoms with E-state index in [1.807, 2.05) is 17.4 Å². The Hall–Kier alpha value is -1.86. The molecule has 27 heavy (non-hydrogen) atoms. The van der Waals surface area contributed by atoms with Crippen LogP contribution in [0, 0.1) is 0 Å². The number of hydrogen-bond acceptors (Lipinski definition) is 4. The Kier molecular flexibility index (Phi) is 5.50. The number of halogens is 1. The van der Waals surface area contributed by atoms with Gasteiger partial charge in [0.15, 0.2) is 6.54 Å². The van der Waals surface area contributed by atoms with Crippen molar-refractivity contribution >= 4 is 45.9 Å². The Balaban J connectivity index is 1.51. The molecule has 0 aliphatic carbocycles. The molecule has 4 nitrogen and oxygen atoms in total. The Morgan fingerprint density at radius 3 is 2.93 bits per heavy atom. The highest BCUT2D eigenvalue weighted by molar-refractivity contribution is 7.10. The predicted molar refractivity (Wildman–Crippen MR) is 112 cm³/mol. The molecule has 0 saturated heterocycles. The molecule has 1 aliphatic rings. The molecule has 0 saturated carbocycles. The lowest BCUT2D eigenvalue weighted by atomic mass is 9.98. The molecule has 1 aromatic carbocycles. The zero-order valence-electron chi connectivity index (χ0n) is 14.8. The van der Waals surface area contributed by atoms with Gasteiger partial charge in [0, 0.05) is 22.5 Å². The van der Waals surface area contributed by atoms with Crippen LogP contribution in [0.4, 0.5) is 5.69 Å². The highest BCUT2D eigenvalue weighted by Gasteiger charge is 2.35. The molecular formula is C20H20ClN2O2S2+. The van der Waals surface area contributed by atoms with Gasteiger partial charge in [0.05, 0.1) is 23.6 Å². The first-order chi connectivity index (χ1) is 13.2. The minimum absolute atomic E-state index is 0.00790. The van der Waals surface area contributed by atoms with E-state index in [0.717, 1.165) is 13.0 Å². The molecule has 1 amide bonds. The topological polar surface area (TPSA) is 42.8 Å². The third kappa shape index (κ3) is 3.89. The number of thiophene rings is 2. The van der Waals surface area contributed by atoms with E-state index in [9.17, 15) is 4.79 Å². The van der Waals surface area contributed by atoms with Gasteiger partial charge in [-0.1, -0.05) is 17.7 Å². The maximum Gasteiger partial charge on any atom is 0.279 e. The number of benzene rings is 1. The van der Waals surface area contributed by atoms with Gasteiger partial charge in [-0.2, -0.15) is 0 Å². The monoisotopic (exact) mass is 419 g/mol. The van der Waals surface area contributed by atoms with E-state index in [-0.39, 0.29) is 11.9 Å². The lowest BCUT2D eigenvalue weighted by molar-refractivity contribution is -0.919. The smallest absolute Gasteiger partial charge is 0.279 e. The number of quaternary nitrogens is 1. The Labute approximate surface area is 171 Å². The van der Waals surface area contributed by atoms with Crippen LogP contribution in [0.2, 0.25) is 5.02 Å². The van der Waals surface area contributed by atoms with Crippen molar-refractivity contribution in [1.29, 1.82) is 0 Å². The average Bonchev–Trinajstić information content (AvgIpc) is 3.33. The van der Waals surface area contributed by atoms with E-state index in [1.165, 1.54) is 20.2 Å². The zero-order valence-corrected chi connectivity index (χ0v) is 17.2. The van der Waals surface area contributed by atoms with E-state index in [0.29, 0.717) is 23.0 Å². The maximum atomic E-state index is 12.7. The van der Waals surface area contributed by atoms with Crippen molar-refractivity contribution in [3.05, 3.63) is 67.5 Å². The van der Waals surface area contributed by atoms with Crippen molar-refractivity contribution in [1.82, 2.24) is 0 Å². The molecule has 0 fully saturated rings. The molecule has 3 heterocycles. The number of methoxy groups -OCH3 is 1. The van der Waals surface area contributed by atoms with Crippen molar-refractivity contribution in [2.24, 2.45) is 0 Å². The van der Waals surface area contributed by atoms with Crippen LogP contribution >= 0.6 is 34.3 Å². The van der Waals surface area contributed by atoms with E-state index >= 15 is 0 Å². The summed E-state index contributed by atoms with van der Waals surface area (Å²) in [5, 5.41) is 7.72. The summed E-state index contributed by atoms with van der Waals surface area (Å²) in [4.78, 5) is 16.7. The molecule has 3 aromatic rings. The first-order valence-electron chi connectivity index (χ1n) is 8.73. The normalized spacial score (nSPS) is 18.7. The van der Waals surface area contributed by atoms with Gasteiger partial charge in [-0.25, -0.2) is 0 Å². The van der Waals surface area contributed by atoms with Crippen molar-refractivity contribution in [2.45, 2.75) is 12.5 Å². The standard InChI is InChI=1S/C20H19ClN2O2S2/c1-25-16-5-4-13(11-15(16)21)22-19(24)12-23-8-6-17-14(7-10-27-17)20(23)18-3-2-9-26-18/h2-5,7,9-11,20H,6,8,12H2,1H3,(H,22,24)/p+1/t20-/m1/s1. The van der Waals surface area contributed by atoms with Crippen molar-refractivity contribution < 1.29 is 14.4 Å². The van der Waals surface area contributed by atoms with Gasteiger partial charge in [-0.15, -0.1) is 22.7 Å². The van der Waals surface area contributed by atoms with Gasteiger partial charge in [0.2, 0.25) is 0 Å². The minimum atomic E-state index is -0.00790. The van der Waals surface area contributed by atoms with E-state index < -0.39 is 0 Å². The number of anilines is 1. The number of fused-ring (bicyclic) bond motifs is 1. The molecule has 0 bridgehead atoms. The summed E-state index contributed by atoms with van der Waals surface area (Å²) in [7, 11) is 1.57. The van der Waals surface area contributed by atoms with Crippen LogP contribution in [0.15, 0.2) is 47.2 Å². The van der Waals surface area contributed by atoms with Crippen LogP contribution < -0.4 is 15.0 Å². The number of hydrogen-bond donors (Lipinski definition) is 2. The molecule has 4 rings (SSSR count). The summed E-state index contributed by atoms with van der Waals surface area (Å²) in [5.41, 5.74) is 2.05. The molecule has 140 valence electrons. The van der Waals surface area contributed by atoms with E-state index in [4.69, 9.17) is 16.3 Å². The summed E-state index contributed by atoms with van der Waals surface area (Å²) in [5.74, 6) is 0.588. The molecule has 7 heteroatoms. The fourth-order valence-electron chi connectivity index (χ4n) is 3.61. The van der Waals surface area contributed by atoms with Crippen LogP contribution in [0.25, 0.3) is 0 Å². The fourth-order valence-corrected chi connectivity index (χ4v) is 5.68. The van der Waals surface area contributed by atoms with E-state index in [1.54, 1.807) is 30.6 Å². The highest BCUT2D eigenvalue weighted by atomic mass is 35.5. The number of amides is 1. The van der Waals surface area contributed by atoms with Gasteiger partial charge in [0.25, 0.3) is 5.91 Å². The van der Waals surface area contributed by atoms with Crippen LogP contribution in [-0.2, 0) is 11.2 Å². The fraction of sp³-hybridized carbons (Fsp3) is 0.250. The summed E-state index contributed by atoms with van der Waals surface area (Å²) >= 11 is 9.74. The van der Waals surface area contributed by atoms with Crippen LogP contribution in [0.5, 0.6) is 5.75 Å². The van der Waals surface area contributed by atoms with Crippen LogP contribution in [0.3, 0.4) is 0 Å². The lowest BCUT2D eigenvalue weighted by Gasteiger charge is -2.31. The second-order valence-corrected chi connectivity index (χ2v) is 8.87. The van der Waals surface area contributed by atoms with Crippen LogP contribution in [0.1, 0.15) is 21.4 Å². The van der Waals surface area contributed by atoms with Gasteiger partial charge in [-0.05, 0) is 41.1 Å². The molecule has 2 N–H and O–H groups in total. The van der Waals surface area contributed by atoms with Gasteiger partial charge < -0.3 is 15.0 Å². The molecule has 0 spiro atoms. The molecule has 1 unspecified atom stereocenters. The zero-order chi connectivity index (χ0) is 18.8. The molecule has 1 aliphatic heterocycles. The average molecular weight is 420 g/mol. The highest BCUT2D eigenvalue weighted by Crippen LogP contribution is 2.31. The first kappa shape index (κ1) is 18.5. The lowest BCUT2D eigenvalue weighted by Crippen LogP contribution is -3.14. The second kappa shape index (κ2) is 8.02. The van der Waals surface area contributed by atoms with Crippen molar-refractivity contribution in [3.63, 3.8) is 0 Å². The van der Waals surface area contributed by atoms with Gasteiger partial charge in [-0.3, -0.25) is 4.79 Å². The first-order valence-corrected chi connectivity index (χ1v) is 10.9. The van der Waals surface area contributed by atoms with Gasteiger partial charge >= 0.3 is 0 Å². The Morgan fingerprint density at radius 2 is 2.19 bits per heavy atom. The summed E-state index contributed by atoms with van der Waals surface area (Å²) in [6.45, 7) is 1.37. The summed E-state index contributed by atoms with van der Waals surface area (Å²) in [6.07, 6.45) is 1.02. The number of rotatable bonds is 5. The third-order valence-corrected chi connectivity index (χ3v) is 7.05. The SMILES string of the molecule is COc1ccc(NC(=O)C[NH+]2CCc3sccc3[C@@H]2c2cccs2)cc1Cl. The number of carbonyl (C=O) groups excluding carboxylic acids is 1. The van der Waals surface area contributed by atoms with E-state index in [2.05, 4.69) is 34.3 Å². The van der Waals surface area contributed by atoms with Crippen molar-refractivity contribution in [3.8, 4) is 5.75 Å². The number of carbonyl (C=O) groups is 1. The second-order valence-electron chi connectivity index (χ2n) is 6.48. The molecule has 2 atom stereocenters. The summed E-state index contributed by atoms with van der Waals surface area (Å²) < 4.78 is 5.16. The Morgan fingerprint density at radius 1 is 1.30 bits per heavy atom. The molecule has 0 radical (unpaired) electrons. The largest absolute Gasteiger partial charge is 0.495 e. The molecule has 2 aromatic heterocycles. The maximum absolute atomic E-state index is 12.7. The van der Waals surface area contributed by atoms with Crippen molar-refractivity contribution in [2.75, 3.05) is 25.5 Å². The minimum Gasteiger partial charge on any atom is -0.495 e. The summed E-state index contributed by atoms with van der Waals surface area (Å²) in [6, 6.07) is 12.0. The molecular weight excluding hydrogens is 400 g/mol. The Bertz CT molecular complexity index is 939.